The lowest BCUT2D eigenvalue weighted by Gasteiger charge is -2.23. The molecule has 1 amide bonds. The maximum atomic E-state index is 13.4. The van der Waals surface area contributed by atoms with Crippen molar-refractivity contribution in [1.29, 1.82) is 0 Å². The molecule has 1 N–H and O–H groups in total. The number of carbonyl (C=O) groups is 3. The topological polar surface area (TPSA) is 115 Å². The van der Waals surface area contributed by atoms with Gasteiger partial charge in [-0.25, -0.2) is 9.78 Å². The van der Waals surface area contributed by atoms with Crippen LogP contribution in [0.25, 0.3) is 5.76 Å². The molecule has 1 saturated heterocycles. The second-order valence-corrected chi connectivity index (χ2v) is 10.1. The normalized spacial score (nSPS) is 18.2. The number of rotatable bonds is 5. The number of benzene rings is 2. The van der Waals surface area contributed by atoms with E-state index in [1.807, 2.05) is 6.07 Å². The number of Topliss-reactive ketones (excluding diaryl/α,β-unsaturated/α-hetero) is 1. The van der Waals surface area contributed by atoms with Crippen molar-refractivity contribution in [1.82, 2.24) is 4.98 Å². The average molecular weight is 585 g/mol. The molecule has 9 nitrogen and oxygen atoms in total. The van der Waals surface area contributed by atoms with Gasteiger partial charge in [0.1, 0.15) is 23.9 Å². The molecule has 2 aliphatic rings. The standard InChI is InChI=1S/C26H21BrN2O7S/c1-3-34-25(33)23-13(2)28-26(37-23)29-20(14-5-4-6-16(27)11-14)19(22(31)24(29)32)21(30)15-7-8-17-18(12-15)36-10-9-35-17/h4-8,11-12,20,30H,3,9-10H2,1-2H3. The number of ether oxygens (including phenoxy) is 3. The molecule has 37 heavy (non-hydrogen) atoms. The fraction of sp³-hybridized carbons (Fsp3) is 0.231. The average Bonchev–Trinajstić information content (AvgIpc) is 3.40. The Morgan fingerprint density at radius 2 is 1.95 bits per heavy atom. The van der Waals surface area contributed by atoms with Gasteiger partial charge in [-0.2, -0.15) is 0 Å². The number of nitrogens with zero attached hydrogens (tertiary/aromatic N) is 2. The molecule has 0 spiro atoms. The summed E-state index contributed by atoms with van der Waals surface area (Å²) >= 11 is 4.40. The Morgan fingerprint density at radius 1 is 1.19 bits per heavy atom. The Morgan fingerprint density at radius 3 is 2.68 bits per heavy atom. The minimum absolute atomic E-state index is 0.106. The summed E-state index contributed by atoms with van der Waals surface area (Å²) < 4.78 is 17.0. The number of aromatic nitrogens is 1. The summed E-state index contributed by atoms with van der Waals surface area (Å²) in [5, 5.41) is 11.5. The van der Waals surface area contributed by atoms with E-state index in [-0.39, 0.29) is 27.9 Å². The van der Waals surface area contributed by atoms with E-state index in [1.54, 1.807) is 50.2 Å². The number of amides is 1. The van der Waals surface area contributed by atoms with E-state index in [4.69, 9.17) is 14.2 Å². The summed E-state index contributed by atoms with van der Waals surface area (Å²) in [5.41, 5.74) is 1.13. The first-order valence-corrected chi connectivity index (χ1v) is 13.0. The molecule has 2 aromatic carbocycles. The van der Waals surface area contributed by atoms with Crippen LogP contribution in [-0.2, 0) is 14.3 Å². The van der Waals surface area contributed by atoms with Gasteiger partial charge in [0, 0.05) is 10.0 Å². The smallest absolute Gasteiger partial charge is 0.350 e. The van der Waals surface area contributed by atoms with E-state index in [0.29, 0.717) is 41.5 Å². The molecular formula is C26H21BrN2O7S. The molecule has 5 rings (SSSR count). The van der Waals surface area contributed by atoms with Crippen molar-refractivity contribution in [3.05, 3.63) is 74.2 Å². The summed E-state index contributed by atoms with van der Waals surface area (Å²) in [6.07, 6.45) is 0. The van der Waals surface area contributed by atoms with E-state index in [9.17, 15) is 19.5 Å². The van der Waals surface area contributed by atoms with Crippen LogP contribution in [0.3, 0.4) is 0 Å². The van der Waals surface area contributed by atoms with E-state index in [0.717, 1.165) is 15.8 Å². The quantitative estimate of drug-likeness (QED) is 0.197. The van der Waals surface area contributed by atoms with Crippen molar-refractivity contribution < 1.29 is 33.7 Å². The first kappa shape index (κ1) is 25.0. The summed E-state index contributed by atoms with van der Waals surface area (Å²) in [6, 6.07) is 10.9. The number of aliphatic hydroxyl groups is 1. The van der Waals surface area contributed by atoms with Crippen molar-refractivity contribution in [2.75, 3.05) is 24.7 Å². The van der Waals surface area contributed by atoms with Crippen LogP contribution in [0.1, 0.15) is 39.5 Å². The Bertz CT molecular complexity index is 1460. The number of hydrogen-bond donors (Lipinski definition) is 1. The number of thiazole rings is 1. The number of hydrogen-bond acceptors (Lipinski definition) is 9. The number of carbonyl (C=O) groups excluding carboxylic acids is 3. The van der Waals surface area contributed by atoms with Gasteiger partial charge in [0.05, 0.1) is 23.9 Å². The number of ketones is 1. The lowest BCUT2D eigenvalue weighted by Crippen LogP contribution is -2.29. The number of aryl methyl sites for hydroxylation is 1. The third-order valence-corrected chi connectivity index (χ3v) is 7.51. The minimum Gasteiger partial charge on any atom is -0.507 e. The Labute approximate surface area is 224 Å². The van der Waals surface area contributed by atoms with Gasteiger partial charge in [0.15, 0.2) is 16.6 Å². The SMILES string of the molecule is CCOC(=O)c1sc(N2C(=O)C(=O)C(=C(O)c3ccc4c(c3)OCCO4)C2c2cccc(Br)c2)nc1C. The molecule has 0 bridgehead atoms. The summed E-state index contributed by atoms with van der Waals surface area (Å²) in [7, 11) is 0. The lowest BCUT2D eigenvalue weighted by molar-refractivity contribution is -0.132. The van der Waals surface area contributed by atoms with E-state index >= 15 is 0 Å². The van der Waals surface area contributed by atoms with Crippen molar-refractivity contribution >= 4 is 55.8 Å². The molecule has 1 unspecified atom stereocenters. The molecular weight excluding hydrogens is 564 g/mol. The number of aliphatic hydroxyl groups excluding tert-OH is 1. The second-order valence-electron chi connectivity index (χ2n) is 8.21. The Balaban J connectivity index is 1.67. The van der Waals surface area contributed by atoms with Gasteiger partial charge < -0.3 is 19.3 Å². The van der Waals surface area contributed by atoms with Crippen molar-refractivity contribution in [2.45, 2.75) is 19.9 Å². The molecule has 2 aliphatic heterocycles. The zero-order valence-corrected chi connectivity index (χ0v) is 22.2. The lowest BCUT2D eigenvalue weighted by atomic mass is 9.95. The van der Waals surface area contributed by atoms with Crippen LogP contribution in [-0.4, -0.2) is 47.6 Å². The predicted octanol–water partition coefficient (Wildman–Crippen LogP) is 4.79. The van der Waals surface area contributed by atoms with Crippen LogP contribution >= 0.6 is 27.3 Å². The van der Waals surface area contributed by atoms with Crippen LogP contribution in [0.5, 0.6) is 11.5 Å². The maximum absolute atomic E-state index is 13.4. The molecule has 1 atom stereocenters. The van der Waals surface area contributed by atoms with Crippen LogP contribution in [0, 0.1) is 6.92 Å². The van der Waals surface area contributed by atoms with Crippen molar-refractivity contribution in [3.63, 3.8) is 0 Å². The molecule has 190 valence electrons. The van der Waals surface area contributed by atoms with Gasteiger partial charge in [-0.3, -0.25) is 14.5 Å². The highest BCUT2D eigenvalue weighted by molar-refractivity contribution is 9.10. The highest BCUT2D eigenvalue weighted by Gasteiger charge is 2.48. The fourth-order valence-electron chi connectivity index (χ4n) is 4.24. The van der Waals surface area contributed by atoms with Crippen LogP contribution < -0.4 is 14.4 Å². The fourth-order valence-corrected chi connectivity index (χ4v) is 5.64. The molecule has 0 radical (unpaired) electrons. The largest absolute Gasteiger partial charge is 0.507 e. The highest BCUT2D eigenvalue weighted by atomic mass is 79.9. The number of fused-ring (bicyclic) bond motifs is 1. The van der Waals surface area contributed by atoms with Crippen molar-refractivity contribution in [2.24, 2.45) is 0 Å². The van der Waals surface area contributed by atoms with E-state index in [1.165, 1.54) is 4.90 Å². The second kappa shape index (κ2) is 9.98. The van der Waals surface area contributed by atoms with Crippen molar-refractivity contribution in [3.8, 4) is 11.5 Å². The van der Waals surface area contributed by atoms with Crippen LogP contribution in [0.4, 0.5) is 5.13 Å². The molecule has 3 aromatic rings. The molecule has 3 heterocycles. The van der Waals surface area contributed by atoms with Gasteiger partial charge >= 0.3 is 11.9 Å². The van der Waals surface area contributed by atoms with Crippen LogP contribution in [0.2, 0.25) is 0 Å². The molecule has 1 aromatic heterocycles. The zero-order valence-electron chi connectivity index (χ0n) is 19.8. The van der Waals surface area contributed by atoms with Gasteiger partial charge in [-0.15, -0.1) is 0 Å². The first-order chi connectivity index (χ1) is 17.8. The molecule has 0 aliphatic carbocycles. The first-order valence-electron chi connectivity index (χ1n) is 11.4. The third-order valence-electron chi connectivity index (χ3n) is 5.88. The summed E-state index contributed by atoms with van der Waals surface area (Å²) in [4.78, 5) is 45.1. The highest BCUT2D eigenvalue weighted by Crippen LogP contribution is 2.45. The zero-order chi connectivity index (χ0) is 26.3. The van der Waals surface area contributed by atoms with Crippen LogP contribution in [0.15, 0.2) is 52.5 Å². The third kappa shape index (κ3) is 4.49. The summed E-state index contributed by atoms with van der Waals surface area (Å²) in [5.74, 6) is -1.71. The number of esters is 1. The number of halogens is 1. The Kier molecular flexibility index (Phi) is 6.74. The molecule has 11 heteroatoms. The monoisotopic (exact) mass is 584 g/mol. The maximum Gasteiger partial charge on any atom is 0.350 e. The predicted molar refractivity (Wildman–Crippen MR) is 139 cm³/mol. The van der Waals surface area contributed by atoms with Gasteiger partial charge in [0.25, 0.3) is 5.78 Å². The number of anilines is 1. The summed E-state index contributed by atoms with van der Waals surface area (Å²) in [6.45, 7) is 4.27. The van der Waals surface area contributed by atoms with E-state index in [2.05, 4.69) is 20.9 Å². The van der Waals surface area contributed by atoms with E-state index < -0.39 is 23.7 Å². The Hall–Kier alpha value is -3.70. The molecule has 1 fully saturated rings. The van der Waals surface area contributed by atoms with Gasteiger partial charge in [-0.05, 0) is 49.7 Å². The minimum atomic E-state index is -0.994. The molecule has 0 saturated carbocycles. The van der Waals surface area contributed by atoms with Gasteiger partial charge in [-0.1, -0.05) is 39.4 Å². The van der Waals surface area contributed by atoms with Gasteiger partial charge in [0.2, 0.25) is 0 Å².